The zero-order valence-corrected chi connectivity index (χ0v) is 13.3. The molecule has 0 aromatic carbocycles. The normalized spacial score (nSPS) is 14.4. The topological polar surface area (TPSA) is 12.9 Å². The first-order valence-corrected chi connectivity index (χ1v) is 7.85. The quantitative estimate of drug-likeness (QED) is 0.738. The van der Waals surface area contributed by atoms with Crippen molar-refractivity contribution in [1.29, 1.82) is 0 Å². The van der Waals surface area contributed by atoms with Crippen LogP contribution in [-0.4, -0.2) is 10.3 Å². The van der Waals surface area contributed by atoms with Crippen LogP contribution in [0.1, 0.15) is 45.3 Å². The van der Waals surface area contributed by atoms with Gasteiger partial charge in [-0.2, -0.15) is 0 Å². The third-order valence-corrected chi connectivity index (χ3v) is 4.60. The fourth-order valence-corrected chi connectivity index (χ4v) is 3.53. The van der Waals surface area contributed by atoms with Crippen molar-refractivity contribution in [3.63, 3.8) is 0 Å². The van der Waals surface area contributed by atoms with E-state index in [1.165, 1.54) is 10.7 Å². The highest BCUT2D eigenvalue weighted by molar-refractivity contribution is 9.09. The fraction of sp³-hybridized carbons (Fsp3) is 0.769. The van der Waals surface area contributed by atoms with E-state index < -0.39 is 0 Å². The molecule has 0 aliphatic heterocycles. The Morgan fingerprint density at radius 1 is 1.38 bits per heavy atom. The number of nitrogens with zero attached hydrogens (tertiary/aromatic N) is 1. The number of alkyl halides is 1. The van der Waals surface area contributed by atoms with Crippen LogP contribution in [0, 0.1) is 11.8 Å². The number of rotatable bonds is 4. The first kappa shape index (κ1) is 14.2. The van der Waals surface area contributed by atoms with E-state index in [4.69, 9.17) is 4.98 Å². The van der Waals surface area contributed by atoms with E-state index in [0.717, 1.165) is 11.8 Å². The molecule has 1 aromatic rings. The van der Waals surface area contributed by atoms with E-state index in [2.05, 4.69) is 55.9 Å². The standard InChI is InChI=1S/C13H22BrNS/c1-9(2)10(7-14)6-12-15-11(8-16-12)13(3,4)5/h8-10H,6-7H2,1-5H3. The summed E-state index contributed by atoms with van der Waals surface area (Å²) in [7, 11) is 0. The Kier molecular flexibility index (Phi) is 4.99. The number of thiazole rings is 1. The van der Waals surface area contributed by atoms with Gasteiger partial charge in [0, 0.05) is 22.5 Å². The van der Waals surface area contributed by atoms with Gasteiger partial charge in [-0.3, -0.25) is 0 Å². The van der Waals surface area contributed by atoms with Crippen LogP contribution in [0.4, 0.5) is 0 Å². The molecule has 92 valence electrons. The van der Waals surface area contributed by atoms with Crippen molar-refractivity contribution in [2.75, 3.05) is 5.33 Å². The second-order valence-electron chi connectivity index (χ2n) is 5.74. The molecule has 0 fully saturated rings. The molecule has 0 saturated carbocycles. The van der Waals surface area contributed by atoms with Crippen LogP contribution in [-0.2, 0) is 11.8 Å². The Balaban J connectivity index is 2.72. The molecule has 0 bridgehead atoms. The molecule has 0 radical (unpaired) electrons. The molecule has 0 saturated heterocycles. The van der Waals surface area contributed by atoms with Gasteiger partial charge in [0.2, 0.25) is 0 Å². The van der Waals surface area contributed by atoms with Crippen LogP contribution in [0.5, 0.6) is 0 Å². The van der Waals surface area contributed by atoms with Crippen molar-refractivity contribution >= 4 is 27.3 Å². The van der Waals surface area contributed by atoms with Gasteiger partial charge >= 0.3 is 0 Å². The highest BCUT2D eigenvalue weighted by Crippen LogP contribution is 2.27. The highest BCUT2D eigenvalue weighted by Gasteiger charge is 2.19. The Labute approximate surface area is 112 Å². The summed E-state index contributed by atoms with van der Waals surface area (Å²) in [4.78, 5) is 4.75. The van der Waals surface area contributed by atoms with Crippen molar-refractivity contribution in [1.82, 2.24) is 4.98 Å². The monoisotopic (exact) mass is 303 g/mol. The average molecular weight is 304 g/mol. The molecular formula is C13H22BrNS. The van der Waals surface area contributed by atoms with Crippen molar-refractivity contribution in [3.05, 3.63) is 16.1 Å². The summed E-state index contributed by atoms with van der Waals surface area (Å²) in [6.07, 6.45) is 1.10. The van der Waals surface area contributed by atoms with Gasteiger partial charge in [0.05, 0.1) is 10.7 Å². The molecule has 1 heterocycles. The molecule has 1 nitrogen and oxygen atoms in total. The van der Waals surface area contributed by atoms with Crippen molar-refractivity contribution in [3.8, 4) is 0 Å². The SMILES string of the molecule is CC(C)C(CBr)Cc1nc(C(C)(C)C)cs1. The van der Waals surface area contributed by atoms with E-state index >= 15 is 0 Å². The summed E-state index contributed by atoms with van der Waals surface area (Å²) in [6.45, 7) is 11.2. The van der Waals surface area contributed by atoms with Crippen LogP contribution in [0.3, 0.4) is 0 Å². The van der Waals surface area contributed by atoms with Crippen molar-refractivity contribution in [2.45, 2.75) is 46.5 Å². The smallest absolute Gasteiger partial charge is 0.0931 e. The van der Waals surface area contributed by atoms with Gasteiger partial charge in [0.1, 0.15) is 0 Å². The first-order chi connectivity index (χ1) is 7.34. The average Bonchev–Trinajstić information content (AvgIpc) is 2.61. The fourth-order valence-electron chi connectivity index (χ4n) is 1.44. The third-order valence-electron chi connectivity index (χ3n) is 2.90. The molecule has 1 rings (SSSR count). The van der Waals surface area contributed by atoms with E-state index in [1.807, 2.05) is 0 Å². The molecular weight excluding hydrogens is 282 g/mol. The Bertz CT molecular complexity index is 325. The molecule has 3 heteroatoms. The molecule has 0 spiro atoms. The maximum Gasteiger partial charge on any atom is 0.0931 e. The minimum absolute atomic E-state index is 0.177. The second-order valence-corrected chi connectivity index (χ2v) is 7.33. The molecule has 1 atom stereocenters. The number of hydrogen-bond donors (Lipinski definition) is 0. The molecule has 1 aromatic heterocycles. The molecule has 0 amide bonds. The van der Waals surface area contributed by atoms with Gasteiger partial charge in [-0.1, -0.05) is 50.5 Å². The van der Waals surface area contributed by atoms with Crippen LogP contribution in [0.2, 0.25) is 0 Å². The van der Waals surface area contributed by atoms with Crippen molar-refractivity contribution in [2.24, 2.45) is 11.8 Å². The van der Waals surface area contributed by atoms with Gasteiger partial charge in [-0.05, 0) is 11.8 Å². The first-order valence-electron chi connectivity index (χ1n) is 5.85. The zero-order chi connectivity index (χ0) is 12.3. The number of aromatic nitrogens is 1. The Hall–Kier alpha value is 0.110. The van der Waals surface area contributed by atoms with Crippen LogP contribution < -0.4 is 0 Å². The molecule has 16 heavy (non-hydrogen) atoms. The van der Waals surface area contributed by atoms with Crippen LogP contribution in [0.15, 0.2) is 5.38 Å². The Morgan fingerprint density at radius 3 is 2.38 bits per heavy atom. The van der Waals surface area contributed by atoms with Crippen LogP contribution in [0.25, 0.3) is 0 Å². The maximum absolute atomic E-state index is 4.75. The van der Waals surface area contributed by atoms with Gasteiger partial charge in [-0.25, -0.2) is 4.98 Å². The largest absolute Gasteiger partial charge is 0.246 e. The number of halogens is 1. The maximum atomic E-state index is 4.75. The minimum atomic E-state index is 0.177. The van der Waals surface area contributed by atoms with E-state index in [1.54, 1.807) is 11.3 Å². The highest BCUT2D eigenvalue weighted by atomic mass is 79.9. The minimum Gasteiger partial charge on any atom is -0.246 e. The lowest BCUT2D eigenvalue weighted by Crippen LogP contribution is -2.15. The number of hydrogen-bond acceptors (Lipinski definition) is 2. The third kappa shape index (κ3) is 3.85. The summed E-state index contributed by atoms with van der Waals surface area (Å²) in [5.74, 6) is 1.40. The lowest BCUT2D eigenvalue weighted by molar-refractivity contribution is 0.425. The summed E-state index contributed by atoms with van der Waals surface area (Å²) < 4.78 is 0. The second kappa shape index (κ2) is 5.63. The molecule has 0 N–H and O–H groups in total. The van der Waals surface area contributed by atoms with Crippen molar-refractivity contribution < 1.29 is 0 Å². The van der Waals surface area contributed by atoms with E-state index in [9.17, 15) is 0 Å². The predicted octanol–water partition coefficient (Wildman–Crippen LogP) is 4.65. The van der Waals surface area contributed by atoms with Gasteiger partial charge in [0.15, 0.2) is 0 Å². The zero-order valence-electron chi connectivity index (χ0n) is 10.9. The van der Waals surface area contributed by atoms with Gasteiger partial charge < -0.3 is 0 Å². The van der Waals surface area contributed by atoms with E-state index in [-0.39, 0.29) is 5.41 Å². The molecule has 1 unspecified atom stereocenters. The lowest BCUT2D eigenvalue weighted by atomic mass is 9.93. The molecule has 0 aliphatic carbocycles. The summed E-state index contributed by atoms with van der Waals surface area (Å²) in [5.41, 5.74) is 1.40. The summed E-state index contributed by atoms with van der Waals surface area (Å²) >= 11 is 5.40. The van der Waals surface area contributed by atoms with Gasteiger partial charge in [-0.15, -0.1) is 11.3 Å². The summed E-state index contributed by atoms with van der Waals surface area (Å²) in [6, 6.07) is 0. The molecule has 0 aliphatic rings. The Morgan fingerprint density at radius 2 is 2.00 bits per heavy atom. The predicted molar refractivity (Wildman–Crippen MR) is 76.6 cm³/mol. The van der Waals surface area contributed by atoms with Gasteiger partial charge in [0.25, 0.3) is 0 Å². The van der Waals surface area contributed by atoms with Crippen LogP contribution >= 0.6 is 27.3 Å². The summed E-state index contributed by atoms with van der Waals surface area (Å²) in [5, 5.41) is 4.55. The van der Waals surface area contributed by atoms with E-state index in [0.29, 0.717) is 11.8 Å². The lowest BCUT2D eigenvalue weighted by Gasteiger charge is -2.17.